The Morgan fingerprint density at radius 1 is 1.25 bits per heavy atom. The van der Waals surface area contributed by atoms with Crippen LogP contribution in [0.2, 0.25) is 0 Å². The molecule has 6 heteroatoms. The van der Waals surface area contributed by atoms with Crippen molar-refractivity contribution >= 4 is 24.2 Å². The van der Waals surface area contributed by atoms with Crippen molar-refractivity contribution in [2.45, 2.75) is 60.4 Å². The first-order valence-electron chi connectivity index (χ1n) is 11.1. The topological polar surface area (TPSA) is 92.7 Å². The summed E-state index contributed by atoms with van der Waals surface area (Å²) in [6, 6.07) is 1.82. The van der Waals surface area contributed by atoms with Crippen molar-refractivity contribution in [3.05, 3.63) is 70.6 Å². The Morgan fingerprint density at radius 2 is 2.03 bits per heavy atom. The van der Waals surface area contributed by atoms with E-state index in [-0.39, 0.29) is 5.91 Å². The van der Waals surface area contributed by atoms with E-state index in [2.05, 4.69) is 27.2 Å². The van der Waals surface area contributed by atoms with E-state index in [1.165, 1.54) is 0 Å². The van der Waals surface area contributed by atoms with E-state index >= 15 is 0 Å². The third-order valence-corrected chi connectivity index (χ3v) is 4.73. The summed E-state index contributed by atoms with van der Waals surface area (Å²) in [6.07, 6.45) is 17.5. The number of carbonyl (C=O) groups is 1. The Hall–Kier alpha value is -3.28. The Morgan fingerprint density at radius 3 is 2.69 bits per heavy atom. The first-order chi connectivity index (χ1) is 15.4. The molecule has 0 saturated heterocycles. The molecule has 1 amide bonds. The molecule has 0 fully saturated rings. The van der Waals surface area contributed by atoms with Crippen molar-refractivity contribution in [1.82, 2.24) is 10.3 Å². The van der Waals surface area contributed by atoms with Crippen molar-refractivity contribution < 1.29 is 4.79 Å². The van der Waals surface area contributed by atoms with Crippen molar-refractivity contribution in [2.24, 2.45) is 9.98 Å². The lowest BCUT2D eigenvalue weighted by Crippen LogP contribution is -2.25. The monoisotopic (exact) mass is 435 g/mol. The molecule has 32 heavy (non-hydrogen) atoms. The Kier molecular flexibility index (Phi) is 13.0. The molecule has 0 aliphatic rings. The SMILES string of the molecule is C/C=C/C=C/C(=C\N=C\CC)CC/N=C\C=C(/CC)C(=O)NCc1c(C)cc(N)nc1C. The molecule has 0 aliphatic heterocycles. The molecule has 0 aromatic carbocycles. The maximum Gasteiger partial charge on any atom is 0.247 e. The van der Waals surface area contributed by atoms with Gasteiger partial charge in [0.1, 0.15) is 5.82 Å². The van der Waals surface area contributed by atoms with E-state index < -0.39 is 0 Å². The molecular weight excluding hydrogens is 398 g/mol. The minimum Gasteiger partial charge on any atom is -0.384 e. The van der Waals surface area contributed by atoms with Crippen LogP contribution >= 0.6 is 0 Å². The summed E-state index contributed by atoms with van der Waals surface area (Å²) >= 11 is 0. The molecule has 1 aromatic heterocycles. The summed E-state index contributed by atoms with van der Waals surface area (Å²) in [4.78, 5) is 25.6. The summed E-state index contributed by atoms with van der Waals surface area (Å²) in [7, 11) is 0. The van der Waals surface area contributed by atoms with Gasteiger partial charge in [-0.05, 0) is 68.9 Å². The molecule has 0 aliphatic carbocycles. The van der Waals surface area contributed by atoms with Crippen LogP contribution in [0.3, 0.4) is 0 Å². The minimum atomic E-state index is -0.0988. The highest BCUT2D eigenvalue weighted by molar-refractivity contribution is 5.97. The average Bonchev–Trinajstić information content (AvgIpc) is 2.75. The second-order valence-electron chi connectivity index (χ2n) is 7.29. The number of carbonyl (C=O) groups excluding carboxylic acids is 1. The number of rotatable bonds is 12. The number of hydrogen-bond acceptors (Lipinski definition) is 5. The van der Waals surface area contributed by atoms with Crippen molar-refractivity contribution in [3.8, 4) is 0 Å². The van der Waals surface area contributed by atoms with Gasteiger partial charge >= 0.3 is 0 Å². The van der Waals surface area contributed by atoms with E-state index in [9.17, 15) is 4.79 Å². The van der Waals surface area contributed by atoms with E-state index in [0.717, 1.165) is 35.2 Å². The van der Waals surface area contributed by atoms with Crippen LogP contribution < -0.4 is 11.1 Å². The first kappa shape index (κ1) is 26.8. The van der Waals surface area contributed by atoms with Crippen LogP contribution in [0.15, 0.2) is 63.8 Å². The number of aliphatic imine (C=N–C) groups is 2. The third kappa shape index (κ3) is 10.2. The lowest BCUT2D eigenvalue weighted by atomic mass is 10.1. The van der Waals surface area contributed by atoms with Gasteiger partial charge in [0.15, 0.2) is 0 Å². The van der Waals surface area contributed by atoms with E-state index in [4.69, 9.17) is 5.73 Å². The molecular formula is C26H37N5O. The molecule has 172 valence electrons. The molecule has 0 atom stereocenters. The van der Waals surface area contributed by atoms with Gasteiger partial charge in [-0.25, -0.2) is 4.98 Å². The molecule has 0 bridgehead atoms. The molecule has 1 aromatic rings. The summed E-state index contributed by atoms with van der Waals surface area (Å²) in [5.41, 5.74) is 10.4. The largest absolute Gasteiger partial charge is 0.384 e. The smallest absolute Gasteiger partial charge is 0.247 e. The van der Waals surface area contributed by atoms with Gasteiger partial charge in [-0.1, -0.05) is 38.2 Å². The highest BCUT2D eigenvalue weighted by Gasteiger charge is 2.10. The van der Waals surface area contributed by atoms with E-state index in [1.807, 2.05) is 70.5 Å². The van der Waals surface area contributed by atoms with Crippen LogP contribution in [0.1, 0.15) is 56.9 Å². The number of allylic oxidation sites excluding steroid dienone is 5. The molecule has 6 nitrogen and oxygen atoms in total. The number of anilines is 1. The average molecular weight is 436 g/mol. The number of hydrogen-bond donors (Lipinski definition) is 2. The van der Waals surface area contributed by atoms with Crippen LogP contribution in [0.25, 0.3) is 0 Å². The number of nitrogens with two attached hydrogens (primary N) is 1. The molecule has 0 radical (unpaired) electrons. The number of aromatic nitrogens is 1. The van der Waals surface area contributed by atoms with E-state index in [1.54, 1.807) is 12.3 Å². The maximum atomic E-state index is 12.6. The molecule has 1 heterocycles. The molecule has 0 unspecified atom stereocenters. The molecule has 3 N–H and O–H groups in total. The van der Waals surface area contributed by atoms with E-state index in [0.29, 0.717) is 30.9 Å². The van der Waals surface area contributed by atoms with Crippen molar-refractivity contribution in [3.63, 3.8) is 0 Å². The molecule has 0 spiro atoms. The van der Waals surface area contributed by atoms with Gasteiger partial charge in [-0.3, -0.25) is 14.8 Å². The predicted octanol–water partition coefficient (Wildman–Crippen LogP) is 5.19. The lowest BCUT2D eigenvalue weighted by Gasteiger charge is -2.12. The van der Waals surface area contributed by atoms with Crippen LogP contribution in [0.5, 0.6) is 0 Å². The van der Waals surface area contributed by atoms with Crippen molar-refractivity contribution in [2.75, 3.05) is 12.3 Å². The summed E-state index contributed by atoms with van der Waals surface area (Å²) in [5.74, 6) is 0.395. The Labute approximate surface area is 192 Å². The molecule has 0 saturated carbocycles. The number of nitrogen functional groups attached to an aromatic ring is 1. The fourth-order valence-electron chi connectivity index (χ4n) is 2.94. The first-order valence-corrected chi connectivity index (χ1v) is 11.1. The fourth-order valence-corrected chi connectivity index (χ4v) is 2.94. The van der Waals surface area contributed by atoms with Crippen LogP contribution in [-0.2, 0) is 11.3 Å². The zero-order chi connectivity index (χ0) is 23.8. The van der Waals surface area contributed by atoms with Crippen molar-refractivity contribution in [1.29, 1.82) is 0 Å². The predicted molar refractivity (Wildman–Crippen MR) is 137 cm³/mol. The number of nitrogens with one attached hydrogen (secondary N) is 1. The quantitative estimate of drug-likeness (QED) is 0.269. The minimum absolute atomic E-state index is 0.0988. The van der Waals surface area contributed by atoms with Gasteiger partial charge in [-0.2, -0.15) is 0 Å². The van der Waals surface area contributed by atoms with Gasteiger partial charge in [0.2, 0.25) is 5.91 Å². The van der Waals surface area contributed by atoms with Crippen LogP contribution in [0, 0.1) is 13.8 Å². The summed E-state index contributed by atoms with van der Waals surface area (Å²) in [5, 5.41) is 2.98. The third-order valence-electron chi connectivity index (χ3n) is 4.73. The summed E-state index contributed by atoms with van der Waals surface area (Å²) in [6.45, 7) is 10.9. The lowest BCUT2D eigenvalue weighted by molar-refractivity contribution is -0.117. The zero-order valence-electron chi connectivity index (χ0n) is 20.1. The second-order valence-corrected chi connectivity index (χ2v) is 7.29. The van der Waals surface area contributed by atoms with Gasteiger partial charge in [0.05, 0.1) is 0 Å². The van der Waals surface area contributed by atoms with Gasteiger partial charge < -0.3 is 11.1 Å². The maximum absolute atomic E-state index is 12.6. The zero-order valence-corrected chi connectivity index (χ0v) is 20.1. The number of aryl methyl sites for hydroxylation is 2. The number of pyridine rings is 1. The van der Waals surface area contributed by atoms with Crippen LogP contribution in [0.4, 0.5) is 5.82 Å². The molecule has 1 rings (SSSR count). The highest BCUT2D eigenvalue weighted by atomic mass is 16.1. The number of nitrogens with zero attached hydrogens (tertiary/aromatic N) is 3. The highest BCUT2D eigenvalue weighted by Crippen LogP contribution is 2.14. The standard InChI is InChI=1S/C26H37N5O/c1-6-9-10-11-22(18-29-14-7-2)12-15-28-16-13-23(8-3)26(32)30-19-24-20(4)17-25(27)31-21(24)5/h6,9-11,13-14,16-18H,7-8,12,15,19H2,1-5H3,(H2,27,31)(H,30,32)/b9-6+,11-10+,22-18+,23-13+,28-16-,29-14+. The van der Waals surface area contributed by atoms with Crippen LogP contribution in [-0.4, -0.2) is 29.9 Å². The Bertz CT molecular complexity index is 897. The fraction of sp³-hybridized carbons (Fsp3) is 0.385. The normalized spacial score (nSPS) is 13.3. The van der Waals surface area contributed by atoms with Gasteiger partial charge in [-0.15, -0.1) is 0 Å². The Balaban J connectivity index is 2.69. The second kappa shape index (κ2) is 15.5. The number of amides is 1. The van der Waals surface area contributed by atoms with Gasteiger partial charge in [0, 0.05) is 43.0 Å². The summed E-state index contributed by atoms with van der Waals surface area (Å²) < 4.78 is 0. The van der Waals surface area contributed by atoms with Gasteiger partial charge in [0.25, 0.3) is 0 Å².